The van der Waals surface area contributed by atoms with Gasteiger partial charge in [-0.15, -0.1) is 0 Å². The third-order valence-electron chi connectivity index (χ3n) is 2.65. The highest BCUT2D eigenvalue weighted by Gasteiger charge is 2.34. The van der Waals surface area contributed by atoms with E-state index in [1.165, 1.54) is 0 Å². The van der Waals surface area contributed by atoms with Crippen LogP contribution in [0.2, 0.25) is 0 Å². The predicted molar refractivity (Wildman–Crippen MR) is 62.0 cm³/mol. The van der Waals surface area contributed by atoms with Crippen LogP contribution in [-0.2, 0) is 6.18 Å². The summed E-state index contributed by atoms with van der Waals surface area (Å²) in [7, 11) is 0. The van der Waals surface area contributed by atoms with Gasteiger partial charge in [-0.05, 0) is 24.6 Å². The van der Waals surface area contributed by atoms with Crippen molar-refractivity contribution in [2.75, 3.05) is 6.54 Å². The van der Waals surface area contributed by atoms with E-state index in [0.29, 0.717) is 18.6 Å². The lowest BCUT2D eigenvalue weighted by Gasteiger charge is -2.15. The molecule has 3 N–H and O–H groups in total. The van der Waals surface area contributed by atoms with E-state index < -0.39 is 23.5 Å². The van der Waals surface area contributed by atoms with Gasteiger partial charge in [-0.1, -0.05) is 6.92 Å². The molecule has 1 atom stereocenters. The number of carbonyl (C=O) groups is 1. The maximum atomic E-state index is 13.1. The predicted octanol–water partition coefficient (Wildman–Crippen LogP) is 2.31. The van der Waals surface area contributed by atoms with Gasteiger partial charge < -0.3 is 11.1 Å². The van der Waals surface area contributed by atoms with Crippen molar-refractivity contribution in [2.24, 2.45) is 5.73 Å². The zero-order valence-electron chi connectivity index (χ0n) is 10.2. The molecule has 19 heavy (non-hydrogen) atoms. The van der Waals surface area contributed by atoms with Gasteiger partial charge in [-0.2, -0.15) is 13.2 Å². The molecule has 3 nitrogen and oxygen atoms in total. The van der Waals surface area contributed by atoms with E-state index in [0.717, 1.165) is 6.07 Å². The summed E-state index contributed by atoms with van der Waals surface area (Å²) in [6.45, 7) is 1.96. The van der Waals surface area contributed by atoms with Crippen molar-refractivity contribution in [3.8, 4) is 0 Å². The first-order chi connectivity index (χ1) is 8.79. The molecule has 0 saturated heterocycles. The van der Waals surface area contributed by atoms with Crippen molar-refractivity contribution in [3.63, 3.8) is 0 Å². The summed E-state index contributed by atoms with van der Waals surface area (Å²) in [6, 6.07) is 1.80. The monoisotopic (exact) mass is 278 g/mol. The number of amides is 1. The van der Waals surface area contributed by atoms with E-state index in [9.17, 15) is 22.4 Å². The van der Waals surface area contributed by atoms with Gasteiger partial charge in [0.25, 0.3) is 5.91 Å². The Hall–Kier alpha value is -1.63. The molecule has 1 aromatic carbocycles. The molecular weight excluding hydrogens is 264 g/mol. The average Bonchev–Trinajstić information content (AvgIpc) is 2.34. The quantitative estimate of drug-likeness (QED) is 0.830. The van der Waals surface area contributed by atoms with Crippen molar-refractivity contribution in [2.45, 2.75) is 25.6 Å². The fourth-order valence-electron chi connectivity index (χ4n) is 1.48. The van der Waals surface area contributed by atoms with Gasteiger partial charge in [0.2, 0.25) is 0 Å². The highest BCUT2D eigenvalue weighted by atomic mass is 19.4. The number of benzene rings is 1. The Morgan fingerprint density at radius 3 is 2.53 bits per heavy atom. The number of rotatable bonds is 4. The van der Waals surface area contributed by atoms with E-state index >= 15 is 0 Å². The minimum atomic E-state index is -4.83. The SMILES string of the molecule is CCC(CN)NC(=O)c1ccc(F)c(C(F)(F)F)c1. The van der Waals surface area contributed by atoms with Crippen molar-refractivity contribution >= 4 is 5.91 Å². The van der Waals surface area contributed by atoms with Crippen LogP contribution in [0, 0.1) is 5.82 Å². The lowest BCUT2D eigenvalue weighted by Crippen LogP contribution is -2.39. The van der Waals surface area contributed by atoms with Crippen LogP contribution in [0.5, 0.6) is 0 Å². The molecule has 0 aliphatic heterocycles. The Labute approximate surface area is 107 Å². The smallest absolute Gasteiger partial charge is 0.348 e. The summed E-state index contributed by atoms with van der Waals surface area (Å²) < 4.78 is 50.5. The number of nitrogens with one attached hydrogen (secondary N) is 1. The van der Waals surface area contributed by atoms with Crippen LogP contribution >= 0.6 is 0 Å². The number of alkyl halides is 3. The fraction of sp³-hybridized carbons (Fsp3) is 0.417. The minimum Gasteiger partial charge on any atom is -0.348 e. The van der Waals surface area contributed by atoms with E-state index in [4.69, 9.17) is 5.73 Å². The fourth-order valence-corrected chi connectivity index (χ4v) is 1.48. The molecule has 0 aromatic heterocycles. The molecule has 106 valence electrons. The number of nitrogens with two attached hydrogens (primary N) is 1. The molecule has 0 bridgehead atoms. The average molecular weight is 278 g/mol. The third-order valence-corrected chi connectivity index (χ3v) is 2.65. The van der Waals surface area contributed by atoms with Crippen molar-refractivity contribution in [1.82, 2.24) is 5.32 Å². The van der Waals surface area contributed by atoms with Gasteiger partial charge in [0.1, 0.15) is 5.82 Å². The van der Waals surface area contributed by atoms with Gasteiger partial charge in [0.05, 0.1) is 5.56 Å². The van der Waals surface area contributed by atoms with Gasteiger partial charge in [-0.25, -0.2) is 4.39 Å². The van der Waals surface area contributed by atoms with Crippen molar-refractivity contribution in [1.29, 1.82) is 0 Å². The normalized spacial score (nSPS) is 13.2. The molecule has 1 unspecified atom stereocenters. The molecule has 0 spiro atoms. The maximum Gasteiger partial charge on any atom is 0.419 e. The summed E-state index contributed by atoms with van der Waals surface area (Å²) in [4.78, 5) is 11.7. The molecule has 0 saturated carbocycles. The van der Waals surface area contributed by atoms with E-state index in [-0.39, 0.29) is 18.2 Å². The summed E-state index contributed by atoms with van der Waals surface area (Å²) in [5, 5.41) is 2.48. The molecule has 1 aromatic rings. The zero-order chi connectivity index (χ0) is 14.6. The summed E-state index contributed by atoms with van der Waals surface area (Å²) in [6.07, 6.45) is -4.28. The van der Waals surface area contributed by atoms with Crippen molar-refractivity contribution < 1.29 is 22.4 Å². The largest absolute Gasteiger partial charge is 0.419 e. The highest BCUT2D eigenvalue weighted by Crippen LogP contribution is 2.31. The number of carbonyl (C=O) groups excluding carboxylic acids is 1. The second kappa shape index (κ2) is 6.01. The Bertz CT molecular complexity index is 456. The second-order valence-corrected chi connectivity index (χ2v) is 4.01. The number of hydrogen-bond donors (Lipinski definition) is 2. The molecule has 1 amide bonds. The zero-order valence-corrected chi connectivity index (χ0v) is 10.2. The van der Waals surface area contributed by atoms with Crippen LogP contribution in [0.4, 0.5) is 17.6 Å². The first kappa shape index (κ1) is 15.4. The Kier molecular flexibility index (Phi) is 4.88. The Morgan fingerprint density at radius 1 is 1.42 bits per heavy atom. The Balaban J connectivity index is 2.99. The van der Waals surface area contributed by atoms with Gasteiger partial charge in [0.15, 0.2) is 0 Å². The van der Waals surface area contributed by atoms with E-state index in [1.54, 1.807) is 6.92 Å². The lowest BCUT2D eigenvalue weighted by atomic mass is 10.1. The molecular formula is C12H14F4N2O. The molecule has 0 heterocycles. The topological polar surface area (TPSA) is 55.1 Å². The molecule has 1 rings (SSSR count). The van der Waals surface area contributed by atoms with Gasteiger partial charge in [-0.3, -0.25) is 4.79 Å². The molecule has 0 fully saturated rings. The molecule has 0 aliphatic rings. The standard InChI is InChI=1S/C12H14F4N2O/c1-2-8(6-17)18-11(19)7-3-4-10(13)9(5-7)12(14,15)16/h3-5,8H,2,6,17H2,1H3,(H,18,19). The summed E-state index contributed by atoms with van der Waals surface area (Å²) in [5.41, 5.74) is 3.67. The van der Waals surface area contributed by atoms with Crippen LogP contribution in [0.15, 0.2) is 18.2 Å². The maximum absolute atomic E-state index is 13.1. The summed E-state index contributed by atoms with van der Waals surface area (Å²) in [5.74, 6) is -2.11. The number of halogens is 4. The molecule has 0 radical (unpaired) electrons. The first-order valence-corrected chi connectivity index (χ1v) is 5.67. The lowest BCUT2D eigenvalue weighted by molar-refractivity contribution is -0.140. The van der Waals surface area contributed by atoms with E-state index in [1.807, 2.05) is 0 Å². The van der Waals surface area contributed by atoms with Crippen LogP contribution in [0.1, 0.15) is 29.3 Å². The van der Waals surface area contributed by atoms with Crippen LogP contribution in [0.3, 0.4) is 0 Å². The van der Waals surface area contributed by atoms with E-state index in [2.05, 4.69) is 5.32 Å². The van der Waals surface area contributed by atoms with Crippen LogP contribution in [-0.4, -0.2) is 18.5 Å². The van der Waals surface area contributed by atoms with Gasteiger partial charge >= 0.3 is 6.18 Å². The first-order valence-electron chi connectivity index (χ1n) is 5.67. The molecule has 0 aliphatic carbocycles. The Morgan fingerprint density at radius 2 is 2.05 bits per heavy atom. The van der Waals surface area contributed by atoms with Crippen molar-refractivity contribution in [3.05, 3.63) is 35.1 Å². The van der Waals surface area contributed by atoms with Crippen LogP contribution < -0.4 is 11.1 Å². The minimum absolute atomic E-state index is 0.176. The second-order valence-electron chi connectivity index (χ2n) is 4.01. The van der Waals surface area contributed by atoms with Gasteiger partial charge in [0, 0.05) is 18.2 Å². The molecule has 7 heteroatoms. The summed E-state index contributed by atoms with van der Waals surface area (Å²) >= 11 is 0. The van der Waals surface area contributed by atoms with Crippen LogP contribution in [0.25, 0.3) is 0 Å². The third kappa shape index (κ3) is 3.92. The number of hydrogen-bond acceptors (Lipinski definition) is 2. The highest BCUT2D eigenvalue weighted by molar-refractivity contribution is 5.94.